The van der Waals surface area contributed by atoms with E-state index in [1.54, 1.807) is 23.1 Å². The van der Waals surface area contributed by atoms with E-state index in [4.69, 9.17) is 4.98 Å². The van der Waals surface area contributed by atoms with Crippen LogP contribution >= 0.6 is 27.3 Å². The van der Waals surface area contributed by atoms with Gasteiger partial charge in [0.2, 0.25) is 0 Å². The van der Waals surface area contributed by atoms with Crippen LogP contribution in [0.2, 0.25) is 0 Å². The van der Waals surface area contributed by atoms with Crippen LogP contribution in [0.3, 0.4) is 0 Å². The molecule has 1 unspecified atom stereocenters. The van der Waals surface area contributed by atoms with Gasteiger partial charge in [0.1, 0.15) is 5.82 Å². The second-order valence-electron chi connectivity index (χ2n) is 6.45. The van der Waals surface area contributed by atoms with Crippen LogP contribution in [0.25, 0.3) is 10.9 Å². The van der Waals surface area contributed by atoms with E-state index in [-0.39, 0.29) is 30.7 Å². The predicted octanol–water partition coefficient (Wildman–Crippen LogP) is 3.19. The highest BCUT2D eigenvalue weighted by Crippen LogP contribution is 2.34. The number of hydrogen-bond acceptors (Lipinski definition) is 5. The Balaban J connectivity index is 1.81. The summed E-state index contributed by atoms with van der Waals surface area (Å²) in [6.07, 6.45) is 1.60. The van der Waals surface area contributed by atoms with E-state index in [0.717, 1.165) is 17.3 Å². The van der Waals surface area contributed by atoms with Crippen molar-refractivity contribution >= 4 is 44.1 Å². The number of thiophene rings is 1. The van der Waals surface area contributed by atoms with Crippen LogP contribution in [0.4, 0.5) is 0 Å². The first-order valence-corrected chi connectivity index (χ1v) is 10.4. The number of amides is 1. The third kappa shape index (κ3) is 3.33. The van der Waals surface area contributed by atoms with Gasteiger partial charge in [-0.1, -0.05) is 12.1 Å². The fraction of sp³-hybridized carbons (Fsp3) is 0.316. The zero-order valence-corrected chi connectivity index (χ0v) is 16.9. The summed E-state index contributed by atoms with van der Waals surface area (Å²) in [5, 5.41) is 11.9. The normalized spacial score (nSPS) is 17.0. The van der Waals surface area contributed by atoms with Crippen molar-refractivity contribution in [2.45, 2.75) is 25.4 Å². The van der Waals surface area contributed by atoms with E-state index in [1.165, 1.54) is 15.9 Å². The number of carbonyl (C=O) groups is 1. The first-order valence-electron chi connectivity index (χ1n) is 8.75. The molecule has 3 aromatic rings. The van der Waals surface area contributed by atoms with Gasteiger partial charge in [0.05, 0.1) is 35.0 Å². The van der Waals surface area contributed by atoms with Gasteiger partial charge >= 0.3 is 0 Å². The number of hydrogen-bond donors (Lipinski definition) is 1. The molecule has 1 atom stereocenters. The van der Waals surface area contributed by atoms with Crippen LogP contribution in [0.5, 0.6) is 0 Å². The maximum absolute atomic E-state index is 13.0. The van der Waals surface area contributed by atoms with Crippen LogP contribution < -0.4 is 5.56 Å². The summed E-state index contributed by atoms with van der Waals surface area (Å²) in [5.74, 6) is 0.500. The van der Waals surface area contributed by atoms with Crippen molar-refractivity contribution in [3.05, 3.63) is 61.2 Å². The van der Waals surface area contributed by atoms with Crippen molar-refractivity contribution < 1.29 is 9.90 Å². The molecule has 0 aliphatic carbocycles. The minimum absolute atomic E-state index is 0.0499. The highest BCUT2D eigenvalue weighted by atomic mass is 79.9. The van der Waals surface area contributed by atoms with Crippen LogP contribution in [0.1, 0.15) is 34.4 Å². The lowest BCUT2D eigenvalue weighted by molar-refractivity contribution is 0.0730. The van der Waals surface area contributed by atoms with Crippen molar-refractivity contribution in [2.75, 3.05) is 13.2 Å². The van der Waals surface area contributed by atoms with Crippen molar-refractivity contribution in [2.24, 2.45) is 0 Å². The van der Waals surface area contributed by atoms with Crippen LogP contribution in [-0.2, 0) is 6.54 Å². The van der Waals surface area contributed by atoms with E-state index in [1.807, 2.05) is 17.5 Å². The van der Waals surface area contributed by atoms with Crippen LogP contribution in [0.15, 0.2) is 45.0 Å². The molecule has 1 fully saturated rings. The molecule has 140 valence electrons. The standard InChI is InChI=1S/C19H18BrN3O3S/c20-12-10-16(27-11-12)19(26)22-7-3-6-15(22)17-21-14-5-2-1-4-13(14)18(25)23(17)8-9-24/h1-2,4-5,10-11,15,24H,3,6-9H2. The van der Waals surface area contributed by atoms with E-state index in [2.05, 4.69) is 15.9 Å². The lowest BCUT2D eigenvalue weighted by Gasteiger charge is -2.26. The number of aliphatic hydroxyl groups excluding tert-OH is 1. The van der Waals surface area contributed by atoms with Gasteiger partial charge in [0.15, 0.2) is 0 Å². The molecule has 3 heterocycles. The summed E-state index contributed by atoms with van der Waals surface area (Å²) >= 11 is 4.79. The monoisotopic (exact) mass is 447 g/mol. The van der Waals surface area contributed by atoms with Crippen molar-refractivity contribution in [3.8, 4) is 0 Å². The summed E-state index contributed by atoms with van der Waals surface area (Å²) in [6, 6.07) is 8.73. The second-order valence-corrected chi connectivity index (χ2v) is 8.28. The number of benzene rings is 1. The van der Waals surface area contributed by atoms with Crippen LogP contribution in [0, 0.1) is 0 Å². The molecule has 0 saturated carbocycles. The highest BCUT2D eigenvalue weighted by molar-refractivity contribution is 9.10. The minimum atomic E-state index is -0.276. The molecular formula is C19H18BrN3O3S. The fourth-order valence-corrected chi connectivity index (χ4v) is 4.98. The molecule has 4 rings (SSSR count). The van der Waals surface area contributed by atoms with Crippen molar-refractivity contribution in [3.63, 3.8) is 0 Å². The molecule has 27 heavy (non-hydrogen) atoms. The summed E-state index contributed by atoms with van der Waals surface area (Å²) in [7, 11) is 0. The topological polar surface area (TPSA) is 75.4 Å². The van der Waals surface area contributed by atoms with E-state index in [9.17, 15) is 14.7 Å². The lowest BCUT2D eigenvalue weighted by atomic mass is 10.1. The number of carbonyl (C=O) groups excluding carboxylic acids is 1. The van der Waals surface area contributed by atoms with Gasteiger partial charge in [0.25, 0.3) is 11.5 Å². The Labute approximate surface area is 168 Å². The number of nitrogens with zero attached hydrogens (tertiary/aromatic N) is 3. The van der Waals surface area contributed by atoms with Gasteiger partial charge in [0, 0.05) is 16.4 Å². The van der Waals surface area contributed by atoms with Crippen molar-refractivity contribution in [1.29, 1.82) is 0 Å². The Bertz CT molecular complexity index is 1060. The number of fused-ring (bicyclic) bond motifs is 1. The molecule has 1 saturated heterocycles. The maximum Gasteiger partial charge on any atom is 0.264 e. The molecular weight excluding hydrogens is 430 g/mol. The molecule has 0 radical (unpaired) electrons. The largest absolute Gasteiger partial charge is 0.395 e. The number of halogens is 1. The Kier molecular flexibility index (Phi) is 5.12. The SMILES string of the molecule is O=C(c1cc(Br)cs1)N1CCCC1c1nc2ccccc2c(=O)n1CCO. The molecule has 1 aliphatic heterocycles. The van der Waals surface area contributed by atoms with Crippen molar-refractivity contribution in [1.82, 2.24) is 14.5 Å². The number of aliphatic hydroxyl groups is 1. The first kappa shape index (κ1) is 18.3. The number of para-hydroxylation sites is 1. The zero-order chi connectivity index (χ0) is 19.0. The zero-order valence-electron chi connectivity index (χ0n) is 14.5. The molecule has 8 heteroatoms. The number of rotatable bonds is 4. The highest BCUT2D eigenvalue weighted by Gasteiger charge is 2.34. The second kappa shape index (κ2) is 7.53. The quantitative estimate of drug-likeness (QED) is 0.666. The summed E-state index contributed by atoms with van der Waals surface area (Å²) in [4.78, 5) is 33.1. The maximum atomic E-state index is 13.0. The first-order chi connectivity index (χ1) is 13.1. The molecule has 1 aromatic carbocycles. The lowest BCUT2D eigenvalue weighted by Crippen LogP contribution is -2.35. The molecule has 0 bridgehead atoms. The smallest absolute Gasteiger partial charge is 0.264 e. The van der Waals surface area contributed by atoms with Gasteiger partial charge < -0.3 is 10.0 Å². The Morgan fingerprint density at radius 3 is 2.93 bits per heavy atom. The van der Waals surface area contributed by atoms with Gasteiger partial charge in [-0.05, 0) is 47.0 Å². The summed E-state index contributed by atoms with van der Waals surface area (Å²) < 4.78 is 2.40. The predicted molar refractivity (Wildman–Crippen MR) is 108 cm³/mol. The Morgan fingerprint density at radius 2 is 2.19 bits per heavy atom. The molecule has 6 nitrogen and oxygen atoms in total. The van der Waals surface area contributed by atoms with E-state index >= 15 is 0 Å². The number of likely N-dealkylation sites (tertiary alicyclic amines) is 1. The average molecular weight is 448 g/mol. The average Bonchev–Trinajstić information content (AvgIpc) is 3.32. The summed E-state index contributed by atoms with van der Waals surface area (Å²) in [5.41, 5.74) is 0.438. The third-order valence-corrected chi connectivity index (χ3v) is 6.48. The Morgan fingerprint density at radius 1 is 1.37 bits per heavy atom. The van der Waals surface area contributed by atoms with E-state index < -0.39 is 0 Å². The Hall–Kier alpha value is -2.03. The molecule has 2 aromatic heterocycles. The van der Waals surface area contributed by atoms with Gasteiger partial charge in [-0.25, -0.2) is 4.98 Å². The van der Waals surface area contributed by atoms with Gasteiger partial charge in [-0.15, -0.1) is 11.3 Å². The third-order valence-electron chi connectivity index (χ3n) is 4.80. The molecule has 1 aliphatic rings. The van der Waals surface area contributed by atoms with Crippen LogP contribution in [-0.4, -0.2) is 38.6 Å². The summed E-state index contributed by atoms with van der Waals surface area (Å²) in [6.45, 7) is 0.626. The molecule has 1 N–H and O–H groups in total. The fourth-order valence-electron chi connectivity index (χ4n) is 3.60. The minimum Gasteiger partial charge on any atom is -0.395 e. The molecule has 0 spiro atoms. The van der Waals surface area contributed by atoms with Gasteiger partial charge in [-0.2, -0.15) is 0 Å². The molecule has 1 amide bonds. The van der Waals surface area contributed by atoms with E-state index in [0.29, 0.717) is 28.1 Å². The van der Waals surface area contributed by atoms with Gasteiger partial charge in [-0.3, -0.25) is 14.2 Å². The number of aromatic nitrogens is 2.